The maximum atomic E-state index is 13.5. The average Bonchev–Trinajstić information content (AvgIpc) is 2.47. The van der Waals surface area contributed by atoms with Crippen LogP contribution in [-0.2, 0) is 11.8 Å². The number of benzene rings is 2. The molecule has 0 aromatic heterocycles. The lowest BCUT2D eigenvalue weighted by Crippen LogP contribution is -2.41. The summed E-state index contributed by atoms with van der Waals surface area (Å²) in [5.41, 5.74) is 6.68. The molecule has 2 aromatic carbocycles. The van der Waals surface area contributed by atoms with E-state index in [0.717, 1.165) is 10.0 Å². The van der Waals surface area contributed by atoms with Crippen LogP contribution in [0.5, 0.6) is 0 Å². The van der Waals surface area contributed by atoms with E-state index >= 15 is 0 Å². The zero-order valence-electron chi connectivity index (χ0n) is 11.3. The van der Waals surface area contributed by atoms with Crippen molar-refractivity contribution in [1.29, 1.82) is 0 Å². The van der Waals surface area contributed by atoms with Crippen molar-refractivity contribution in [3.05, 3.63) is 68.9 Å². The largest absolute Gasteiger partial charge is 0.395 e. The molecule has 2 rings (SSSR count). The molecule has 2 aromatic rings. The monoisotopic (exact) mass is 371 g/mol. The van der Waals surface area contributed by atoms with Gasteiger partial charge in [-0.2, -0.15) is 0 Å². The van der Waals surface area contributed by atoms with E-state index in [1.54, 1.807) is 18.2 Å². The maximum absolute atomic E-state index is 13.5. The molecule has 0 saturated heterocycles. The van der Waals surface area contributed by atoms with Crippen molar-refractivity contribution in [1.82, 2.24) is 0 Å². The van der Waals surface area contributed by atoms with Crippen LogP contribution < -0.4 is 5.73 Å². The Morgan fingerprint density at radius 2 is 2.00 bits per heavy atom. The van der Waals surface area contributed by atoms with Crippen molar-refractivity contribution >= 4 is 27.5 Å². The molecule has 21 heavy (non-hydrogen) atoms. The zero-order chi connectivity index (χ0) is 15.5. The molecule has 0 heterocycles. The minimum absolute atomic E-state index is 0.181. The summed E-state index contributed by atoms with van der Waals surface area (Å²) in [4.78, 5) is 0. The van der Waals surface area contributed by atoms with Gasteiger partial charge in [-0.1, -0.05) is 45.7 Å². The van der Waals surface area contributed by atoms with Crippen molar-refractivity contribution in [2.45, 2.75) is 11.8 Å². The van der Waals surface area contributed by atoms with Gasteiger partial charge in [-0.25, -0.2) is 4.39 Å². The molecular weight excluding hydrogens is 357 g/mol. The summed E-state index contributed by atoms with van der Waals surface area (Å²) in [6.45, 7) is 0.0126. The minimum atomic E-state index is -0.750. The van der Waals surface area contributed by atoms with Crippen molar-refractivity contribution in [3.63, 3.8) is 0 Å². The molecular formula is C16H16BrClFNO. The van der Waals surface area contributed by atoms with Crippen LogP contribution in [0.1, 0.15) is 11.1 Å². The molecule has 0 aliphatic carbocycles. The molecule has 3 N–H and O–H groups in total. The Kier molecular flexibility index (Phi) is 5.38. The lowest BCUT2D eigenvalue weighted by atomic mass is 9.76. The van der Waals surface area contributed by atoms with E-state index in [1.165, 1.54) is 12.1 Å². The first-order valence-electron chi connectivity index (χ1n) is 6.52. The smallest absolute Gasteiger partial charge is 0.123 e. The Hall–Kier alpha value is -0.940. The topological polar surface area (TPSA) is 46.2 Å². The van der Waals surface area contributed by atoms with Gasteiger partial charge in [-0.15, -0.1) is 0 Å². The van der Waals surface area contributed by atoms with Gasteiger partial charge in [0, 0.05) is 21.5 Å². The molecule has 0 aliphatic heterocycles. The van der Waals surface area contributed by atoms with Gasteiger partial charge in [0.15, 0.2) is 0 Å². The van der Waals surface area contributed by atoms with E-state index in [4.69, 9.17) is 17.3 Å². The van der Waals surface area contributed by atoms with Crippen molar-refractivity contribution in [2.24, 2.45) is 5.73 Å². The van der Waals surface area contributed by atoms with Gasteiger partial charge < -0.3 is 10.8 Å². The molecule has 1 atom stereocenters. The van der Waals surface area contributed by atoms with Crippen LogP contribution in [0.15, 0.2) is 46.9 Å². The van der Waals surface area contributed by atoms with Crippen LogP contribution >= 0.6 is 27.5 Å². The molecule has 0 amide bonds. The fourth-order valence-corrected chi connectivity index (χ4v) is 3.09. The molecule has 112 valence electrons. The van der Waals surface area contributed by atoms with Crippen LogP contribution in [0, 0.1) is 5.82 Å². The fraction of sp³-hybridized carbons (Fsp3) is 0.250. The second-order valence-electron chi connectivity index (χ2n) is 5.07. The van der Waals surface area contributed by atoms with Gasteiger partial charge in [0.05, 0.1) is 6.61 Å². The third-order valence-corrected chi connectivity index (χ3v) is 4.52. The molecule has 0 fully saturated rings. The van der Waals surface area contributed by atoms with Crippen LogP contribution in [0.4, 0.5) is 4.39 Å². The van der Waals surface area contributed by atoms with Gasteiger partial charge in [0.2, 0.25) is 0 Å². The van der Waals surface area contributed by atoms with Crippen molar-refractivity contribution in [2.75, 3.05) is 13.2 Å². The fourth-order valence-electron chi connectivity index (χ4n) is 2.35. The molecule has 0 spiro atoms. The van der Waals surface area contributed by atoms with E-state index in [1.807, 2.05) is 12.1 Å². The maximum Gasteiger partial charge on any atom is 0.123 e. The number of nitrogens with two attached hydrogens (primary N) is 1. The summed E-state index contributed by atoms with van der Waals surface area (Å²) in [5.74, 6) is -0.347. The SMILES string of the molecule is NCC(CO)(Cc1ccc(Br)cc1Cl)c1cccc(F)c1. The second-order valence-corrected chi connectivity index (χ2v) is 6.39. The summed E-state index contributed by atoms with van der Waals surface area (Å²) in [5, 5.41) is 10.5. The number of aliphatic hydroxyl groups excluding tert-OH is 1. The first-order valence-corrected chi connectivity index (χ1v) is 7.69. The highest BCUT2D eigenvalue weighted by Crippen LogP contribution is 2.32. The van der Waals surface area contributed by atoms with E-state index in [0.29, 0.717) is 17.0 Å². The quantitative estimate of drug-likeness (QED) is 0.841. The van der Waals surface area contributed by atoms with Crippen LogP contribution in [0.3, 0.4) is 0 Å². The van der Waals surface area contributed by atoms with E-state index < -0.39 is 5.41 Å². The van der Waals surface area contributed by atoms with Crippen molar-refractivity contribution < 1.29 is 9.50 Å². The van der Waals surface area contributed by atoms with Crippen molar-refractivity contribution in [3.8, 4) is 0 Å². The number of halogens is 3. The Balaban J connectivity index is 2.43. The van der Waals surface area contributed by atoms with Crippen LogP contribution in [0.25, 0.3) is 0 Å². The number of rotatable bonds is 5. The number of hydrogen-bond acceptors (Lipinski definition) is 2. The van der Waals surface area contributed by atoms with Crippen LogP contribution in [-0.4, -0.2) is 18.3 Å². The van der Waals surface area contributed by atoms with Gasteiger partial charge in [0.25, 0.3) is 0 Å². The molecule has 2 nitrogen and oxygen atoms in total. The molecule has 5 heteroatoms. The Morgan fingerprint density at radius 3 is 2.57 bits per heavy atom. The normalized spacial score (nSPS) is 14.0. The Bertz CT molecular complexity index is 631. The highest BCUT2D eigenvalue weighted by Gasteiger charge is 2.31. The predicted octanol–water partition coefficient (Wildman–Crippen LogP) is 3.67. The number of aliphatic hydroxyl groups is 1. The molecule has 0 bridgehead atoms. The zero-order valence-corrected chi connectivity index (χ0v) is 13.7. The molecule has 0 aliphatic rings. The summed E-state index contributed by atoms with van der Waals surface area (Å²) in [6.07, 6.45) is 0.440. The highest BCUT2D eigenvalue weighted by molar-refractivity contribution is 9.10. The standard InChI is InChI=1S/C16H16BrClFNO/c17-13-5-4-11(15(18)7-13)8-16(9-20,10-21)12-2-1-3-14(19)6-12/h1-7,21H,8-10,20H2. The first kappa shape index (κ1) is 16.4. The van der Waals surface area contributed by atoms with Gasteiger partial charge in [0.1, 0.15) is 5.82 Å². The summed E-state index contributed by atoms with van der Waals surface area (Å²) < 4.78 is 14.4. The number of hydrogen-bond donors (Lipinski definition) is 2. The molecule has 0 radical (unpaired) electrons. The third-order valence-electron chi connectivity index (χ3n) is 3.67. The Morgan fingerprint density at radius 1 is 1.24 bits per heavy atom. The third kappa shape index (κ3) is 3.64. The van der Waals surface area contributed by atoms with E-state index in [-0.39, 0.29) is 19.0 Å². The Labute approximate surface area is 136 Å². The predicted molar refractivity (Wildman–Crippen MR) is 87.1 cm³/mol. The lowest BCUT2D eigenvalue weighted by molar-refractivity contribution is 0.196. The summed E-state index contributed by atoms with van der Waals surface area (Å²) >= 11 is 9.60. The molecule has 0 saturated carbocycles. The van der Waals surface area contributed by atoms with E-state index in [9.17, 15) is 9.50 Å². The first-order chi connectivity index (χ1) is 10.0. The average molecular weight is 373 g/mol. The van der Waals surface area contributed by atoms with Gasteiger partial charge in [-0.3, -0.25) is 0 Å². The second kappa shape index (κ2) is 6.88. The summed E-state index contributed by atoms with van der Waals surface area (Å²) in [7, 11) is 0. The summed E-state index contributed by atoms with van der Waals surface area (Å²) in [6, 6.07) is 11.7. The van der Waals surface area contributed by atoms with Gasteiger partial charge in [-0.05, 0) is 41.8 Å². The van der Waals surface area contributed by atoms with E-state index in [2.05, 4.69) is 15.9 Å². The van der Waals surface area contributed by atoms with Gasteiger partial charge >= 0.3 is 0 Å². The minimum Gasteiger partial charge on any atom is -0.395 e. The lowest BCUT2D eigenvalue weighted by Gasteiger charge is -2.31. The van der Waals surface area contributed by atoms with Crippen LogP contribution in [0.2, 0.25) is 5.02 Å². The highest BCUT2D eigenvalue weighted by atomic mass is 79.9. The molecule has 1 unspecified atom stereocenters.